The third-order valence-electron chi connectivity index (χ3n) is 5.71. The fourth-order valence-corrected chi connectivity index (χ4v) is 4.22. The molecule has 2 N–H and O–H groups in total. The Kier molecular flexibility index (Phi) is 4.10. The molecule has 1 aromatic carbocycles. The van der Waals surface area contributed by atoms with Gasteiger partial charge in [-0.2, -0.15) is 0 Å². The van der Waals surface area contributed by atoms with Crippen LogP contribution < -0.4 is 5.32 Å². The van der Waals surface area contributed by atoms with Gasteiger partial charge in [-0.25, -0.2) is 4.85 Å². The van der Waals surface area contributed by atoms with Crippen LogP contribution in [0.3, 0.4) is 0 Å². The molecule has 2 aromatic rings. The van der Waals surface area contributed by atoms with Crippen molar-refractivity contribution < 1.29 is 0 Å². The van der Waals surface area contributed by atoms with E-state index in [1.165, 1.54) is 56.0 Å². The van der Waals surface area contributed by atoms with Gasteiger partial charge in [0.05, 0.1) is 6.57 Å². The van der Waals surface area contributed by atoms with Crippen molar-refractivity contribution in [3.05, 3.63) is 41.4 Å². The van der Waals surface area contributed by atoms with Crippen LogP contribution in [0.5, 0.6) is 0 Å². The number of rotatable bonds is 5. The maximum absolute atomic E-state index is 7.20. The first-order valence-corrected chi connectivity index (χ1v) is 9.04. The minimum Gasteiger partial charge on any atom is -0.361 e. The lowest BCUT2D eigenvalue weighted by Gasteiger charge is -2.21. The minimum atomic E-state index is 0.670. The van der Waals surface area contributed by atoms with Gasteiger partial charge in [-0.3, -0.25) is 0 Å². The average Bonchev–Trinajstić information content (AvgIpc) is 3.24. The highest BCUT2D eigenvalue weighted by Gasteiger charge is 2.39. The summed E-state index contributed by atoms with van der Waals surface area (Å²) in [5.41, 5.74) is 3.31. The summed E-state index contributed by atoms with van der Waals surface area (Å²) >= 11 is 0. The minimum absolute atomic E-state index is 0.670. The Labute approximate surface area is 138 Å². The van der Waals surface area contributed by atoms with Gasteiger partial charge in [-0.1, -0.05) is 25.3 Å². The van der Waals surface area contributed by atoms with Gasteiger partial charge in [0.25, 0.3) is 0 Å². The molecule has 2 aliphatic rings. The number of fused-ring (bicyclic) bond motifs is 1. The normalized spacial score (nSPS) is 24.7. The van der Waals surface area contributed by atoms with Crippen molar-refractivity contribution in [2.45, 2.75) is 44.4 Å². The van der Waals surface area contributed by atoms with Crippen LogP contribution in [0.15, 0.2) is 24.4 Å². The molecular formula is C20H25N3. The second-order valence-corrected chi connectivity index (χ2v) is 7.35. The predicted octanol–water partition coefficient (Wildman–Crippen LogP) is 4.99. The van der Waals surface area contributed by atoms with E-state index in [-0.39, 0.29) is 0 Å². The molecule has 3 heteroatoms. The summed E-state index contributed by atoms with van der Waals surface area (Å²) in [4.78, 5) is 6.93. The molecule has 0 amide bonds. The number of nitrogens with zero attached hydrogens (tertiary/aromatic N) is 1. The van der Waals surface area contributed by atoms with E-state index in [9.17, 15) is 0 Å². The van der Waals surface area contributed by atoms with E-state index in [0.717, 1.165) is 29.6 Å². The second-order valence-electron chi connectivity index (χ2n) is 7.35. The van der Waals surface area contributed by atoms with Crippen LogP contribution in [0.2, 0.25) is 0 Å². The van der Waals surface area contributed by atoms with E-state index in [2.05, 4.69) is 21.3 Å². The highest BCUT2D eigenvalue weighted by molar-refractivity contribution is 5.87. The molecule has 1 aromatic heterocycles. The Hall–Kier alpha value is -1.79. The third kappa shape index (κ3) is 3.14. The molecule has 1 heterocycles. The van der Waals surface area contributed by atoms with Crippen LogP contribution in [-0.2, 0) is 0 Å². The molecule has 3 nitrogen and oxygen atoms in total. The molecule has 2 unspecified atom stereocenters. The van der Waals surface area contributed by atoms with E-state index >= 15 is 0 Å². The number of nitrogens with one attached hydrogen (secondary N) is 2. The third-order valence-corrected chi connectivity index (χ3v) is 5.71. The lowest BCUT2D eigenvalue weighted by molar-refractivity contribution is 0.340. The maximum atomic E-state index is 7.20. The molecular weight excluding hydrogens is 282 g/mol. The molecule has 2 saturated carbocycles. The lowest BCUT2D eigenvalue weighted by Crippen LogP contribution is -2.26. The Bertz CT molecular complexity index is 718. The quantitative estimate of drug-likeness (QED) is 0.749. The molecule has 2 fully saturated rings. The van der Waals surface area contributed by atoms with Gasteiger partial charge in [0.2, 0.25) is 0 Å². The molecule has 23 heavy (non-hydrogen) atoms. The first-order valence-electron chi connectivity index (χ1n) is 9.04. The zero-order chi connectivity index (χ0) is 15.6. The van der Waals surface area contributed by atoms with E-state index in [1.54, 1.807) is 0 Å². The molecule has 0 spiro atoms. The van der Waals surface area contributed by atoms with Crippen LogP contribution in [0, 0.1) is 18.4 Å². The molecule has 2 atom stereocenters. The Balaban J connectivity index is 1.34. The largest absolute Gasteiger partial charge is 0.361 e. The summed E-state index contributed by atoms with van der Waals surface area (Å²) in [7, 11) is 0. The average molecular weight is 307 g/mol. The standard InChI is InChI=1S/C20H25N3/c1-21-16-7-8-20-18(10-16)19(13-23-20)17-9-15(17)12-22-11-14-5-3-2-4-6-14/h7-8,10,13-15,17,22-23H,2-6,9,11-12H2. The molecule has 0 radical (unpaired) electrons. The van der Waals surface area contributed by atoms with Crippen LogP contribution in [0.1, 0.15) is 50.0 Å². The summed E-state index contributed by atoms with van der Waals surface area (Å²) in [6.45, 7) is 9.55. The summed E-state index contributed by atoms with van der Waals surface area (Å²) in [6.07, 6.45) is 10.6. The van der Waals surface area contributed by atoms with Gasteiger partial charge in [-0.15, -0.1) is 0 Å². The van der Waals surface area contributed by atoms with Crippen molar-refractivity contribution in [3.63, 3.8) is 0 Å². The van der Waals surface area contributed by atoms with Crippen LogP contribution in [0.4, 0.5) is 5.69 Å². The zero-order valence-electron chi connectivity index (χ0n) is 13.6. The lowest BCUT2D eigenvalue weighted by atomic mass is 9.89. The highest BCUT2D eigenvalue weighted by Crippen LogP contribution is 2.49. The summed E-state index contributed by atoms with van der Waals surface area (Å²) in [5, 5.41) is 4.97. The van der Waals surface area contributed by atoms with Gasteiger partial charge in [0.1, 0.15) is 0 Å². The number of benzene rings is 1. The highest BCUT2D eigenvalue weighted by atomic mass is 14.9. The number of aromatic amines is 1. The summed E-state index contributed by atoms with van der Waals surface area (Å²) < 4.78 is 0. The Morgan fingerprint density at radius 3 is 2.87 bits per heavy atom. The van der Waals surface area contributed by atoms with E-state index in [1.807, 2.05) is 18.2 Å². The smallest absolute Gasteiger partial charge is 0.187 e. The first-order chi connectivity index (χ1) is 11.3. The molecule has 0 aliphatic heterocycles. The van der Waals surface area contributed by atoms with Crippen molar-refractivity contribution in [1.82, 2.24) is 10.3 Å². The predicted molar refractivity (Wildman–Crippen MR) is 94.9 cm³/mol. The zero-order valence-corrected chi connectivity index (χ0v) is 13.6. The fourth-order valence-electron chi connectivity index (χ4n) is 4.22. The number of aromatic nitrogens is 1. The first kappa shape index (κ1) is 14.8. The van der Waals surface area contributed by atoms with Crippen LogP contribution in [0.25, 0.3) is 15.7 Å². The van der Waals surface area contributed by atoms with Gasteiger partial charge in [0, 0.05) is 11.7 Å². The second kappa shape index (κ2) is 6.37. The molecule has 0 bridgehead atoms. The fraction of sp³-hybridized carbons (Fsp3) is 0.550. The Morgan fingerprint density at radius 1 is 1.17 bits per heavy atom. The molecule has 0 saturated heterocycles. The number of hydrogen-bond acceptors (Lipinski definition) is 1. The van der Waals surface area contributed by atoms with Crippen LogP contribution in [-0.4, -0.2) is 18.1 Å². The number of H-pyrrole nitrogens is 1. The summed E-state index contributed by atoms with van der Waals surface area (Å²) in [6, 6.07) is 5.97. The number of hydrogen-bond donors (Lipinski definition) is 2. The molecule has 120 valence electrons. The molecule has 4 rings (SSSR count). The Morgan fingerprint density at radius 2 is 2.04 bits per heavy atom. The van der Waals surface area contributed by atoms with E-state index < -0.39 is 0 Å². The van der Waals surface area contributed by atoms with Crippen molar-refractivity contribution in [2.75, 3.05) is 13.1 Å². The summed E-state index contributed by atoms with van der Waals surface area (Å²) in [5.74, 6) is 2.35. The topological polar surface area (TPSA) is 32.2 Å². The SMILES string of the molecule is [C-]#[N+]c1ccc2[nH]cc(C3CC3CNCC3CCCCC3)c2c1. The van der Waals surface area contributed by atoms with Gasteiger partial charge >= 0.3 is 0 Å². The maximum Gasteiger partial charge on any atom is 0.187 e. The van der Waals surface area contributed by atoms with E-state index in [4.69, 9.17) is 6.57 Å². The van der Waals surface area contributed by atoms with Gasteiger partial charge in [0.15, 0.2) is 5.69 Å². The van der Waals surface area contributed by atoms with Gasteiger partial charge < -0.3 is 10.3 Å². The van der Waals surface area contributed by atoms with Crippen molar-refractivity contribution in [1.29, 1.82) is 0 Å². The van der Waals surface area contributed by atoms with Gasteiger partial charge in [-0.05, 0) is 73.2 Å². The van der Waals surface area contributed by atoms with Crippen molar-refractivity contribution >= 4 is 16.6 Å². The van der Waals surface area contributed by atoms with Crippen LogP contribution >= 0.6 is 0 Å². The monoisotopic (exact) mass is 307 g/mol. The molecule has 2 aliphatic carbocycles. The van der Waals surface area contributed by atoms with Crippen molar-refractivity contribution in [3.8, 4) is 0 Å². The van der Waals surface area contributed by atoms with E-state index in [0.29, 0.717) is 5.92 Å². The van der Waals surface area contributed by atoms with Crippen molar-refractivity contribution in [2.24, 2.45) is 11.8 Å².